The molecule has 1 aliphatic rings. The van der Waals surface area contributed by atoms with Crippen molar-refractivity contribution in [2.45, 2.75) is 19.5 Å². The molecule has 5 nitrogen and oxygen atoms in total. The number of nitrogens with one attached hydrogen (secondary N) is 2. The SMILES string of the molecule is Cl.O=C(Nc1cnn(Cc2ccc(Cl)c(Cl)c2)c1)c1ccc2c(c1)CCNC2. The van der Waals surface area contributed by atoms with Crippen LogP contribution in [0, 0.1) is 0 Å². The number of benzene rings is 2. The number of halogens is 3. The molecule has 1 amide bonds. The van der Waals surface area contributed by atoms with Crippen molar-refractivity contribution in [1.82, 2.24) is 15.1 Å². The predicted molar refractivity (Wildman–Crippen MR) is 115 cm³/mol. The maximum Gasteiger partial charge on any atom is 0.255 e. The fourth-order valence-electron chi connectivity index (χ4n) is 3.16. The average Bonchev–Trinajstić information content (AvgIpc) is 3.11. The summed E-state index contributed by atoms with van der Waals surface area (Å²) in [5, 5.41) is 11.6. The molecule has 3 aromatic rings. The van der Waals surface area contributed by atoms with Gasteiger partial charge in [-0.1, -0.05) is 35.3 Å². The van der Waals surface area contributed by atoms with E-state index >= 15 is 0 Å². The number of amides is 1. The van der Waals surface area contributed by atoms with E-state index in [1.54, 1.807) is 23.1 Å². The van der Waals surface area contributed by atoms with Crippen LogP contribution < -0.4 is 10.6 Å². The van der Waals surface area contributed by atoms with E-state index in [1.807, 2.05) is 30.3 Å². The van der Waals surface area contributed by atoms with E-state index in [4.69, 9.17) is 23.2 Å². The molecular weight excluding hydrogens is 419 g/mol. The molecule has 0 saturated heterocycles. The molecule has 1 aliphatic heterocycles. The van der Waals surface area contributed by atoms with Crippen molar-refractivity contribution < 1.29 is 4.79 Å². The van der Waals surface area contributed by atoms with Crippen molar-refractivity contribution >= 4 is 47.2 Å². The van der Waals surface area contributed by atoms with Crippen LogP contribution in [0.3, 0.4) is 0 Å². The highest BCUT2D eigenvalue weighted by molar-refractivity contribution is 6.42. The predicted octanol–water partition coefficient (Wildman–Crippen LogP) is 4.56. The van der Waals surface area contributed by atoms with Crippen molar-refractivity contribution in [3.8, 4) is 0 Å². The zero-order valence-electron chi connectivity index (χ0n) is 14.9. The van der Waals surface area contributed by atoms with E-state index in [9.17, 15) is 4.79 Å². The Morgan fingerprint density at radius 2 is 2.00 bits per heavy atom. The van der Waals surface area contributed by atoms with Crippen LogP contribution in [0.4, 0.5) is 5.69 Å². The second-order valence-electron chi connectivity index (χ2n) is 6.54. The molecule has 0 radical (unpaired) electrons. The van der Waals surface area contributed by atoms with Gasteiger partial charge in [0.25, 0.3) is 5.91 Å². The van der Waals surface area contributed by atoms with Gasteiger partial charge in [0.05, 0.1) is 28.5 Å². The molecule has 146 valence electrons. The molecule has 1 aromatic heterocycles. The average molecular weight is 438 g/mol. The first-order chi connectivity index (χ1) is 13.1. The summed E-state index contributed by atoms with van der Waals surface area (Å²) >= 11 is 12.0. The van der Waals surface area contributed by atoms with E-state index in [0.717, 1.165) is 25.1 Å². The quantitative estimate of drug-likeness (QED) is 0.629. The molecule has 4 rings (SSSR count). The van der Waals surface area contributed by atoms with Gasteiger partial charge in [-0.05, 0) is 53.9 Å². The summed E-state index contributed by atoms with van der Waals surface area (Å²) in [5.41, 5.74) is 4.78. The molecule has 0 spiro atoms. The number of hydrogen-bond donors (Lipinski definition) is 2. The van der Waals surface area contributed by atoms with Gasteiger partial charge >= 0.3 is 0 Å². The van der Waals surface area contributed by atoms with Crippen molar-refractivity contribution in [3.05, 3.63) is 81.1 Å². The third-order valence-electron chi connectivity index (χ3n) is 4.57. The van der Waals surface area contributed by atoms with Crippen LogP contribution in [-0.2, 0) is 19.5 Å². The van der Waals surface area contributed by atoms with Crippen molar-refractivity contribution in [3.63, 3.8) is 0 Å². The normalized spacial score (nSPS) is 12.8. The fraction of sp³-hybridized carbons (Fsp3) is 0.200. The minimum Gasteiger partial charge on any atom is -0.319 e. The van der Waals surface area contributed by atoms with Gasteiger partial charge in [0, 0.05) is 18.3 Å². The number of carbonyl (C=O) groups excluding carboxylic acids is 1. The minimum atomic E-state index is -0.134. The van der Waals surface area contributed by atoms with E-state index in [0.29, 0.717) is 27.8 Å². The van der Waals surface area contributed by atoms with Gasteiger partial charge in [-0.2, -0.15) is 5.10 Å². The maximum atomic E-state index is 12.6. The van der Waals surface area contributed by atoms with Crippen LogP contribution in [-0.4, -0.2) is 22.2 Å². The van der Waals surface area contributed by atoms with Crippen LogP contribution in [0.5, 0.6) is 0 Å². The largest absolute Gasteiger partial charge is 0.319 e. The summed E-state index contributed by atoms with van der Waals surface area (Å²) in [6.07, 6.45) is 4.37. The second kappa shape index (κ2) is 8.97. The Hall–Kier alpha value is -2.05. The monoisotopic (exact) mass is 436 g/mol. The molecule has 8 heteroatoms. The lowest BCUT2D eigenvalue weighted by Gasteiger charge is -2.17. The van der Waals surface area contributed by atoms with E-state index in [2.05, 4.69) is 15.7 Å². The number of nitrogens with zero attached hydrogens (tertiary/aromatic N) is 2. The molecule has 0 aliphatic carbocycles. The molecule has 2 aromatic carbocycles. The Labute approximate surface area is 179 Å². The maximum absolute atomic E-state index is 12.6. The summed E-state index contributed by atoms with van der Waals surface area (Å²) in [6, 6.07) is 11.3. The van der Waals surface area contributed by atoms with Crippen LogP contribution in [0.1, 0.15) is 27.0 Å². The lowest BCUT2D eigenvalue weighted by Crippen LogP contribution is -2.24. The molecule has 0 saturated carbocycles. The first-order valence-corrected chi connectivity index (χ1v) is 9.44. The number of fused-ring (bicyclic) bond motifs is 1. The van der Waals surface area contributed by atoms with Gasteiger partial charge in [-0.25, -0.2) is 0 Å². The van der Waals surface area contributed by atoms with E-state index < -0.39 is 0 Å². The molecule has 0 unspecified atom stereocenters. The summed E-state index contributed by atoms with van der Waals surface area (Å²) in [6.45, 7) is 2.34. The number of aromatic nitrogens is 2. The second-order valence-corrected chi connectivity index (χ2v) is 7.35. The van der Waals surface area contributed by atoms with Gasteiger partial charge in [0.2, 0.25) is 0 Å². The van der Waals surface area contributed by atoms with Gasteiger partial charge < -0.3 is 10.6 Å². The van der Waals surface area contributed by atoms with Crippen LogP contribution in [0.15, 0.2) is 48.8 Å². The molecule has 0 atom stereocenters. The Kier molecular flexibility index (Phi) is 6.62. The number of carbonyl (C=O) groups is 1. The standard InChI is InChI=1S/C20H18Cl2N4O.ClH/c21-18-4-1-13(7-19(18)22)11-26-12-17(10-24-26)25-20(27)15-2-3-16-9-23-6-5-14(16)8-15;/h1-4,7-8,10,12,23H,5-6,9,11H2,(H,25,27);1H. The third-order valence-corrected chi connectivity index (χ3v) is 5.31. The van der Waals surface area contributed by atoms with Crippen molar-refractivity contribution in [1.29, 1.82) is 0 Å². The third kappa shape index (κ3) is 4.67. The topological polar surface area (TPSA) is 59.0 Å². The van der Waals surface area contributed by atoms with Crippen LogP contribution in [0.25, 0.3) is 0 Å². The van der Waals surface area contributed by atoms with Crippen LogP contribution in [0.2, 0.25) is 10.0 Å². The van der Waals surface area contributed by atoms with E-state index in [1.165, 1.54) is 11.1 Å². The Morgan fingerprint density at radius 1 is 1.14 bits per heavy atom. The smallest absolute Gasteiger partial charge is 0.255 e. The lowest BCUT2D eigenvalue weighted by atomic mass is 9.98. The zero-order chi connectivity index (χ0) is 18.8. The van der Waals surface area contributed by atoms with Gasteiger partial charge in [0.1, 0.15) is 0 Å². The van der Waals surface area contributed by atoms with Crippen LogP contribution >= 0.6 is 35.6 Å². The highest BCUT2D eigenvalue weighted by atomic mass is 35.5. The number of hydrogen-bond acceptors (Lipinski definition) is 3. The summed E-state index contributed by atoms with van der Waals surface area (Å²) in [4.78, 5) is 12.6. The first kappa shape index (κ1) is 20.7. The lowest BCUT2D eigenvalue weighted by molar-refractivity contribution is 0.102. The number of rotatable bonds is 4. The fourth-order valence-corrected chi connectivity index (χ4v) is 3.48. The summed E-state index contributed by atoms with van der Waals surface area (Å²) < 4.78 is 1.74. The molecular formula is C20H19Cl3N4O. The highest BCUT2D eigenvalue weighted by Crippen LogP contribution is 2.23. The Bertz CT molecular complexity index is 1000. The molecule has 2 N–H and O–H groups in total. The number of anilines is 1. The van der Waals surface area contributed by atoms with Gasteiger partial charge in [-0.15, -0.1) is 12.4 Å². The summed E-state index contributed by atoms with van der Waals surface area (Å²) in [7, 11) is 0. The molecule has 0 bridgehead atoms. The van der Waals surface area contributed by atoms with E-state index in [-0.39, 0.29) is 18.3 Å². The van der Waals surface area contributed by atoms with Gasteiger partial charge in [0.15, 0.2) is 0 Å². The molecule has 28 heavy (non-hydrogen) atoms. The van der Waals surface area contributed by atoms with Gasteiger partial charge in [-0.3, -0.25) is 9.48 Å². The molecule has 0 fully saturated rings. The summed E-state index contributed by atoms with van der Waals surface area (Å²) in [5.74, 6) is -0.134. The Morgan fingerprint density at radius 3 is 2.82 bits per heavy atom. The Balaban J connectivity index is 0.00000225. The first-order valence-electron chi connectivity index (χ1n) is 8.69. The van der Waals surface area contributed by atoms with Crippen molar-refractivity contribution in [2.24, 2.45) is 0 Å². The van der Waals surface area contributed by atoms with Crippen molar-refractivity contribution in [2.75, 3.05) is 11.9 Å². The minimum absolute atomic E-state index is 0. The molecule has 2 heterocycles. The zero-order valence-corrected chi connectivity index (χ0v) is 17.2. The highest BCUT2D eigenvalue weighted by Gasteiger charge is 2.13.